The van der Waals surface area contributed by atoms with E-state index in [0.29, 0.717) is 24.7 Å². The minimum absolute atomic E-state index is 0.0957. The summed E-state index contributed by atoms with van der Waals surface area (Å²) in [6, 6.07) is 0. The number of rotatable bonds is 7. The molecule has 0 bridgehead atoms. The van der Waals surface area contributed by atoms with Gasteiger partial charge in [-0.3, -0.25) is 4.79 Å². The largest absolute Gasteiger partial charge is 0.392 e. The van der Waals surface area contributed by atoms with E-state index in [1.54, 1.807) is 19.1 Å². The standard InChI is InChI=1S/C11H18N4O3/c1-15(7-10(17)12-3-4-18-2)11-13-5-9(8-16)6-14-11/h5-6,16H,3-4,7-8H2,1-2H3,(H,12,17). The summed E-state index contributed by atoms with van der Waals surface area (Å²) >= 11 is 0. The Labute approximate surface area is 106 Å². The summed E-state index contributed by atoms with van der Waals surface area (Å²) in [5.41, 5.74) is 0.636. The van der Waals surface area contributed by atoms with Crippen LogP contribution in [0.4, 0.5) is 5.95 Å². The van der Waals surface area contributed by atoms with Gasteiger partial charge in [0.05, 0.1) is 19.8 Å². The summed E-state index contributed by atoms with van der Waals surface area (Å²) in [5.74, 6) is 0.318. The maximum Gasteiger partial charge on any atom is 0.239 e. The molecule has 100 valence electrons. The third-order valence-electron chi connectivity index (χ3n) is 2.22. The molecule has 7 heteroatoms. The van der Waals surface area contributed by atoms with Crippen molar-refractivity contribution in [3.63, 3.8) is 0 Å². The number of hydrogen-bond donors (Lipinski definition) is 2. The Morgan fingerprint density at radius 3 is 2.72 bits per heavy atom. The molecule has 0 radical (unpaired) electrons. The molecule has 0 aliphatic heterocycles. The first-order chi connectivity index (χ1) is 8.67. The number of ether oxygens (including phenoxy) is 1. The van der Waals surface area contributed by atoms with Crippen LogP contribution in [0.25, 0.3) is 0 Å². The Balaban J connectivity index is 2.43. The van der Waals surface area contributed by atoms with Gasteiger partial charge in [-0.1, -0.05) is 0 Å². The molecule has 0 aromatic carbocycles. The minimum Gasteiger partial charge on any atom is -0.392 e. The second-order valence-corrected chi connectivity index (χ2v) is 3.75. The van der Waals surface area contributed by atoms with Gasteiger partial charge in [-0.25, -0.2) is 9.97 Å². The summed E-state index contributed by atoms with van der Waals surface area (Å²) in [4.78, 5) is 21.2. The molecule has 2 N–H and O–H groups in total. The third kappa shape index (κ3) is 4.64. The first-order valence-electron chi connectivity index (χ1n) is 5.56. The van der Waals surface area contributed by atoms with E-state index in [1.807, 2.05) is 0 Å². The number of nitrogens with one attached hydrogen (secondary N) is 1. The fourth-order valence-corrected chi connectivity index (χ4v) is 1.26. The van der Waals surface area contributed by atoms with Crippen molar-refractivity contribution < 1.29 is 14.6 Å². The normalized spacial score (nSPS) is 10.2. The lowest BCUT2D eigenvalue weighted by Gasteiger charge is -2.16. The molecule has 0 unspecified atom stereocenters. The molecule has 18 heavy (non-hydrogen) atoms. The van der Waals surface area contributed by atoms with Crippen molar-refractivity contribution >= 4 is 11.9 Å². The number of carbonyl (C=O) groups excluding carboxylic acids is 1. The molecule has 0 saturated carbocycles. The Morgan fingerprint density at radius 1 is 1.50 bits per heavy atom. The van der Waals surface area contributed by atoms with Gasteiger partial charge in [0.25, 0.3) is 0 Å². The van der Waals surface area contributed by atoms with Gasteiger partial charge in [0.1, 0.15) is 0 Å². The van der Waals surface area contributed by atoms with Gasteiger partial charge in [0, 0.05) is 38.7 Å². The molecule has 0 fully saturated rings. The van der Waals surface area contributed by atoms with Crippen molar-refractivity contribution in [2.75, 3.05) is 38.8 Å². The molecular weight excluding hydrogens is 236 g/mol. The number of methoxy groups -OCH3 is 1. The SMILES string of the molecule is COCCNC(=O)CN(C)c1ncc(CO)cn1. The molecule has 0 atom stereocenters. The highest BCUT2D eigenvalue weighted by Crippen LogP contribution is 2.04. The van der Waals surface area contributed by atoms with Gasteiger partial charge in [-0.15, -0.1) is 0 Å². The molecule has 0 aliphatic rings. The van der Waals surface area contributed by atoms with Crippen LogP contribution < -0.4 is 10.2 Å². The van der Waals surface area contributed by atoms with E-state index in [9.17, 15) is 4.79 Å². The van der Waals surface area contributed by atoms with E-state index < -0.39 is 0 Å². The summed E-state index contributed by atoms with van der Waals surface area (Å²) in [6.07, 6.45) is 3.06. The number of anilines is 1. The van der Waals surface area contributed by atoms with E-state index in [0.717, 1.165) is 0 Å². The van der Waals surface area contributed by atoms with Gasteiger partial charge < -0.3 is 20.1 Å². The molecular formula is C11H18N4O3. The van der Waals surface area contributed by atoms with Crippen molar-refractivity contribution in [3.05, 3.63) is 18.0 Å². The number of hydrogen-bond acceptors (Lipinski definition) is 6. The molecule has 7 nitrogen and oxygen atoms in total. The summed E-state index contributed by atoms with van der Waals surface area (Å²) in [7, 11) is 3.30. The maximum atomic E-state index is 11.5. The fourth-order valence-electron chi connectivity index (χ4n) is 1.26. The van der Waals surface area contributed by atoms with Crippen LogP contribution in [-0.2, 0) is 16.1 Å². The minimum atomic E-state index is -0.121. The number of carbonyl (C=O) groups is 1. The smallest absolute Gasteiger partial charge is 0.239 e. The van der Waals surface area contributed by atoms with Crippen LogP contribution in [-0.4, -0.2) is 54.8 Å². The van der Waals surface area contributed by atoms with Gasteiger partial charge in [-0.05, 0) is 0 Å². The number of nitrogens with zero attached hydrogens (tertiary/aromatic N) is 3. The van der Waals surface area contributed by atoms with Gasteiger partial charge in [-0.2, -0.15) is 0 Å². The maximum absolute atomic E-state index is 11.5. The van der Waals surface area contributed by atoms with Gasteiger partial charge >= 0.3 is 0 Å². The van der Waals surface area contributed by atoms with E-state index in [2.05, 4.69) is 15.3 Å². The van der Waals surface area contributed by atoms with Crippen LogP contribution >= 0.6 is 0 Å². The Kier molecular flexibility index (Phi) is 6.03. The number of aliphatic hydroxyl groups excluding tert-OH is 1. The predicted molar refractivity (Wildman–Crippen MR) is 66.1 cm³/mol. The zero-order valence-electron chi connectivity index (χ0n) is 10.6. The highest BCUT2D eigenvalue weighted by molar-refractivity contribution is 5.80. The first-order valence-corrected chi connectivity index (χ1v) is 5.56. The van der Waals surface area contributed by atoms with Crippen LogP contribution in [0.3, 0.4) is 0 Å². The highest BCUT2D eigenvalue weighted by Gasteiger charge is 2.09. The first kappa shape index (κ1) is 14.3. The Hall–Kier alpha value is -1.73. The molecule has 1 aromatic rings. The quantitative estimate of drug-likeness (QED) is 0.617. The zero-order valence-corrected chi connectivity index (χ0v) is 10.6. The van der Waals surface area contributed by atoms with Gasteiger partial charge in [0.15, 0.2) is 0 Å². The summed E-state index contributed by atoms with van der Waals surface area (Å²) in [6.45, 7) is 1.04. The molecule has 1 heterocycles. The van der Waals surface area contributed by atoms with E-state index in [4.69, 9.17) is 9.84 Å². The lowest BCUT2D eigenvalue weighted by Crippen LogP contribution is -2.37. The van der Waals surface area contributed by atoms with Crippen LogP contribution in [0.15, 0.2) is 12.4 Å². The van der Waals surface area contributed by atoms with E-state index in [-0.39, 0.29) is 19.1 Å². The van der Waals surface area contributed by atoms with Crippen LogP contribution in [0.5, 0.6) is 0 Å². The predicted octanol–water partition coefficient (Wildman–Crippen LogP) is -0.832. The zero-order chi connectivity index (χ0) is 13.4. The second-order valence-electron chi connectivity index (χ2n) is 3.75. The van der Waals surface area contributed by atoms with Gasteiger partial charge in [0.2, 0.25) is 11.9 Å². The number of aliphatic hydroxyl groups is 1. The van der Waals surface area contributed by atoms with Crippen molar-refractivity contribution in [1.82, 2.24) is 15.3 Å². The molecule has 0 aliphatic carbocycles. The molecule has 1 aromatic heterocycles. The molecule has 1 rings (SSSR count). The second kappa shape index (κ2) is 7.57. The van der Waals surface area contributed by atoms with E-state index in [1.165, 1.54) is 12.4 Å². The summed E-state index contributed by atoms with van der Waals surface area (Å²) in [5, 5.41) is 11.6. The Bertz CT molecular complexity index is 369. The number of aromatic nitrogens is 2. The Morgan fingerprint density at radius 2 is 2.17 bits per heavy atom. The lowest BCUT2D eigenvalue weighted by molar-refractivity contribution is -0.119. The van der Waals surface area contributed by atoms with Crippen LogP contribution in [0.2, 0.25) is 0 Å². The van der Waals surface area contributed by atoms with Crippen LogP contribution in [0, 0.1) is 0 Å². The topological polar surface area (TPSA) is 87.6 Å². The third-order valence-corrected chi connectivity index (χ3v) is 2.22. The fraction of sp³-hybridized carbons (Fsp3) is 0.545. The number of amides is 1. The molecule has 1 amide bonds. The van der Waals surface area contributed by atoms with Crippen LogP contribution in [0.1, 0.15) is 5.56 Å². The van der Waals surface area contributed by atoms with Crippen molar-refractivity contribution in [3.8, 4) is 0 Å². The molecule has 0 spiro atoms. The van der Waals surface area contributed by atoms with Crippen molar-refractivity contribution in [2.45, 2.75) is 6.61 Å². The van der Waals surface area contributed by atoms with Crippen molar-refractivity contribution in [2.24, 2.45) is 0 Å². The summed E-state index contributed by atoms with van der Waals surface area (Å²) < 4.78 is 4.83. The highest BCUT2D eigenvalue weighted by atomic mass is 16.5. The monoisotopic (exact) mass is 254 g/mol. The average molecular weight is 254 g/mol. The average Bonchev–Trinajstić information content (AvgIpc) is 2.39. The van der Waals surface area contributed by atoms with E-state index >= 15 is 0 Å². The molecule has 0 saturated heterocycles. The number of likely N-dealkylation sites (N-methyl/N-ethyl adjacent to an activating group) is 1. The lowest BCUT2D eigenvalue weighted by atomic mass is 10.4. The van der Waals surface area contributed by atoms with Crippen molar-refractivity contribution in [1.29, 1.82) is 0 Å².